The van der Waals surface area contributed by atoms with Gasteiger partial charge in [-0.05, 0) is 0 Å². The van der Waals surface area contributed by atoms with Crippen LogP contribution in [0.25, 0.3) is 0 Å². The molecule has 0 unspecified atom stereocenters. The SMILES string of the molecule is COCc1c(C(=O)OC)coc1C(C)(C)C. The molecule has 1 rings (SSSR count). The third kappa shape index (κ3) is 2.44. The summed E-state index contributed by atoms with van der Waals surface area (Å²) in [4.78, 5) is 11.5. The maximum Gasteiger partial charge on any atom is 0.341 e. The van der Waals surface area contributed by atoms with Crippen LogP contribution in [0.2, 0.25) is 0 Å². The zero-order chi connectivity index (χ0) is 12.3. The fourth-order valence-corrected chi connectivity index (χ4v) is 1.58. The van der Waals surface area contributed by atoms with Gasteiger partial charge in [0.2, 0.25) is 0 Å². The van der Waals surface area contributed by atoms with Crippen molar-refractivity contribution in [1.29, 1.82) is 0 Å². The van der Waals surface area contributed by atoms with Crippen LogP contribution >= 0.6 is 0 Å². The molecule has 0 radical (unpaired) electrons. The number of methoxy groups -OCH3 is 2. The number of carbonyl (C=O) groups is 1. The maximum atomic E-state index is 11.5. The fourth-order valence-electron chi connectivity index (χ4n) is 1.58. The maximum absolute atomic E-state index is 11.5. The minimum Gasteiger partial charge on any atom is -0.467 e. The van der Waals surface area contributed by atoms with Gasteiger partial charge < -0.3 is 13.9 Å². The van der Waals surface area contributed by atoms with Crippen LogP contribution in [0.5, 0.6) is 0 Å². The van der Waals surface area contributed by atoms with Crippen molar-refractivity contribution in [2.24, 2.45) is 0 Å². The number of carbonyl (C=O) groups excluding carboxylic acids is 1. The standard InChI is InChI=1S/C12H18O4/c1-12(2,3)10-8(6-14-4)9(7-16-10)11(13)15-5/h7H,6H2,1-5H3. The van der Waals surface area contributed by atoms with E-state index in [2.05, 4.69) is 0 Å². The first kappa shape index (κ1) is 12.8. The Balaban J connectivity index is 3.22. The Kier molecular flexibility index (Phi) is 3.75. The van der Waals surface area contributed by atoms with Gasteiger partial charge in [-0.3, -0.25) is 0 Å². The van der Waals surface area contributed by atoms with Crippen LogP contribution in [0.3, 0.4) is 0 Å². The molecule has 1 aromatic rings. The molecule has 0 saturated carbocycles. The summed E-state index contributed by atoms with van der Waals surface area (Å²) in [7, 11) is 2.93. The molecular formula is C12H18O4. The Morgan fingerprint density at radius 2 is 2.00 bits per heavy atom. The minimum absolute atomic E-state index is 0.167. The van der Waals surface area contributed by atoms with Crippen molar-refractivity contribution < 1.29 is 18.7 Å². The van der Waals surface area contributed by atoms with Gasteiger partial charge in [-0.1, -0.05) is 20.8 Å². The molecule has 0 saturated heterocycles. The molecule has 4 heteroatoms. The Hall–Kier alpha value is -1.29. The van der Waals surface area contributed by atoms with Gasteiger partial charge in [-0.15, -0.1) is 0 Å². The lowest BCUT2D eigenvalue weighted by Crippen LogP contribution is -2.14. The second-order valence-corrected chi connectivity index (χ2v) is 4.63. The van der Waals surface area contributed by atoms with Gasteiger partial charge in [0.05, 0.1) is 13.7 Å². The summed E-state index contributed by atoms with van der Waals surface area (Å²) in [5.74, 6) is 0.362. The van der Waals surface area contributed by atoms with E-state index < -0.39 is 5.97 Å². The van der Waals surface area contributed by atoms with E-state index in [1.54, 1.807) is 7.11 Å². The average Bonchev–Trinajstić information content (AvgIpc) is 2.60. The van der Waals surface area contributed by atoms with Crippen LogP contribution in [0.1, 0.15) is 42.5 Å². The third-order valence-corrected chi connectivity index (χ3v) is 2.27. The van der Waals surface area contributed by atoms with Crippen molar-refractivity contribution in [3.05, 3.63) is 23.2 Å². The third-order valence-electron chi connectivity index (χ3n) is 2.27. The van der Waals surface area contributed by atoms with Gasteiger partial charge >= 0.3 is 5.97 Å². The molecule has 0 aliphatic heterocycles. The number of ether oxygens (including phenoxy) is 2. The molecule has 0 aliphatic carbocycles. The number of rotatable bonds is 3. The summed E-state index contributed by atoms with van der Waals surface area (Å²) in [5, 5.41) is 0. The quantitative estimate of drug-likeness (QED) is 0.743. The lowest BCUT2D eigenvalue weighted by Gasteiger charge is -2.17. The number of hydrogen-bond acceptors (Lipinski definition) is 4. The van der Waals surface area contributed by atoms with E-state index in [1.165, 1.54) is 13.4 Å². The molecule has 0 aliphatic rings. The predicted molar refractivity (Wildman–Crippen MR) is 59.5 cm³/mol. The predicted octanol–water partition coefficient (Wildman–Crippen LogP) is 2.51. The lowest BCUT2D eigenvalue weighted by atomic mass is 9.89. The van der Waals surface area contributed by atoms with Gasteiger partial charge in [0, 0.05) is 18.1 Å². The average molecular weight is 226 g/mol. The molecule has 16 heavy (non-hydrogen) atoms. The van der Waals surface area contributed by atoms with Crippen LogP contribution < -0.4 is 0 Å². The molecule has 0 bridgehead atoms. The van der Waals surface area contributed by atoms with E-state index in [9.17, 15) is 4.79 Å². The second-order valence-electron chi connectivity index (χ2n) is 4.63. The van der Waals surface area contributed by atoms with E-state index in [-0.39, 0.29) is 5.41 Å². The Labute approximate surface area is 95.5 Å². The van der Waals surface area contributed by atoms with E-state index >= 15 is 0 Å². The molecule has 90 valence electrons. The van der Waals surface area contributed by atoms with Crippen LogP contribution in [-0.4, -0.2) is 20.2 Å². The van der Waals surface area contributed by atoms with E-state index in [0.29, 0.717) is 12.2 Å². The summed E-state index contributed by atoms with van der Waals surface area (Å²) in [6, 6.07) is 0. The molecule has 1 aromatic heterocycles. The highest BCUT2D eigenvalue weighted by Gasteiger charge is 2.27. The summed E-state index contributed by atoms with van der Waals surface area (Å²) in [6.45, 7) is 6.40. The van der Waals surface area contributed by atoms with Crippen LogP contribution in [0.15, 0.2) is 10.7 Å². The molecule has 0 fully saturated rings. The zero-order valence-electron chi connectivity index (χ0n) is 10.4. The summed E-state index contributed by atoms with van der Waals surface area (Å²) < 4.78 is 15.2. The van der Waals surface area contributed by atoms with E-state index in [0.717, 1.165) is 11.3 Å². The Morgan fingerprint density at radius 1 is 1.38 bits per heavy atom. The van der Waals surface area contributed by atoms with Crippen molar-refractivity contribution in [2.45, 2.75) is 32.8 Å². The van der Waals surface area contributed by atoms with Crippen molar-refractivity contribution in [2.75, 3.05) is 14.2 Å². The highest BCUT2D eigenvalue weighted by atomic mass is 16.5. The molecule has 0 spiro atoms. The first-order valence-electron chi connectivity index (χ1n) is 5.10. The zero-order valence-corrected chi connectivity index (χ0v) is 10.4. The van der Waals surface area contributed by atoms with E-state index in [4.69, 9.17) is 13.9 Å². The molecule has 0 N–H and O–H groups in total. The first-order chi connectivity index (χ1) is 7.41. The number of hydrogen-bond donors (Lipinski definition) is 0. The monoisotopic (exact) mass is 226 g/mol. The van der Waals surface area contributed by atoms with Crippen molar-refractivity contribution in [3.63, 3.8) is 0 Å². The van der Waals surface area contributed by atoms with Gasteiger partial charge in [0.15, 0.2) is 0 Å². The van der Waals surface area contributed by atoms with Crippen LogP contribution in [-0.2, 0) is 21.5 Å². The molecule has 4 nitrogen and oxygen atoms in total. The largest absolute Gasteiger partial charge is 0.467 e. The normalized spacial score (nSPS) is 11.6. The molecule has 0 amide bonds. The first-order valence-corrected chi connectivity index (χ1v) is 5.10. The summed E-state index contributed by atoms with van der Waals surface area (Å²) in [6.07, 6.45) is 1.43. The fraction of sp³-hybridized carbons (Fsp3) is 0.583. The smallest absolute Gasteiger partial charge is 0.341 e. The Bertz CT molecular complexity index is 371. The molecule has 0 atom stereocenters. The van der Waals surface area contributed by atoms with Gasteiger partial charge in [0.25, 0.3) is 0 Å². The Morgan fingerprint density at radius 3 is 2.44 bits per heavy atom. The van der Waals surface area contributed by atoms with Crippen molar-refractivity contribution in [1.82, 2.24) is 0 Å². The van der Waals surface area contributed by atoms with Crippen molar-refractivity contribution >= 4 is 5.97 Å². The number of furan rings is 1. The highest BCUT2D eigenvalue weighted by molar-refractivity contribution is 5.91. The highest BCUT2D eigenvalue weighted by Crippen LogP contribution is 2.30. The van der Waals surface area contributed by atoms with Crippen LogP contribution in [0, 0.1) is 0 Å². The van der Waals surface area contributed by atoms with Crippen molar-refractivity contribution in [3.8, 4) is 0 Å². The molecule has 0 aromatic carbocycles. The van der Waals surface area contributed by atoms with E-state index in [1.807, 2.05) is 20.8 Å². The topological polar surface area (TPSA) is 48.7 Å². The van der Waals surface area contributed by atoms with Gasteiger partial charge in [-0.2, -0.15) is 0 Å². The summed E-state index contributed by atoms with van der Waals surface area (Å²) in [5.41, 5.74) is 1.04. The second kappa shape index (κ2) is 4.70. The van der Waals surface area contributed by atoms with Gasteiger partial charge in [0.1, 0.15) is 17.6 Å². The van der Waals surface area contributed by atoms with Gasteiger partial charge in [-0.25, -0.2) is 4.79 Å². The minimum atomic E-state index is -0.397. The summed E-state index contributed by atoms with van der Waals surface area (Å²) >= 11 is 0. The molecular weight excluding hydrogens is 208 g/mol. The van der Waals surface area contributed by atoms with Crippen LogP contribution in [0.4, 0.5) is 0 Å². The molecule has 1 heterocycles. The number of esters is 1. The lowest BCUT2D eigenvalue weighted by molar-refractivity contribution is 0.0595.